The molecular formula is C23H18N2O4S. The van der Waals surface area contributed by atoms with Crippen molar-refractivity contribution in [3.05, 3.63) is 93.9 Å². The Kier molecular flexibility index (Phi) is 5.36. The van der Waals surface area contributed by atoms with E-state index in [0.29, 0.717) is 17.0 Å². The average molecular weight is 418 g/mol. The summed E-state index contributed by atoms with van der Waals surface area (Å²) in [6, 6.07) is 15.6. The van der Waals surface area contributed by atoms with E-state index in [-0.39, 0.29) is 17.2 Å². The molecule has 0 amide bonds. The monoisotopic (exact) mass is 418 g/mol. The smallest absolute Gasteiger partial charge is 0.330 e. The summed E-state index contributed by atoms with van der Waals surface area (Å²) < 4.78 is 6.56. The fourth-order valence-electron chi connectivity index (χ4n) is 3.02. The molecule has 0 radical (unpaired) electrons. The number of benzene rings is 2. The molecule has 4 aromatic rings. The molecule has 2 heterocycles. The summed E-state index contributed by atoms with van der Waals surface area (Å²) >= 11 is 1.54. The summed E-state index contributed by atoms with van der Waals surface area (Å²) in [4.78, 5) is 28.8. The van der Waals surface area contributed by atoms with Crippen LogP contribution in [0.15, 0.2) is 77.0 Å². The SMILES string of the molecule is COc1cc(C=CC(=O)c2cccc(-n3cc(-c4cccs4)[nH]c3=O)c2)ccc1O. The number of hydrogen-bond donors (Lipinski definition) is 2. The Morgan fingerprint density at radius 1 is 1.17 bits per heavy atom. The van der Waals surface area contributed by atoms with E-state index in [1.165, 1.54) is 35.2 Å². The highest BCUT2D eigenvalue weighted by Crippen LogP contribution is 2.27. The molecule has 2 aromatic heterocycles. The van der Waals surface area contributed by atoms with Crippen LogP contribution in [0.25, 0.3) is 22.3 Å². The van der Waals surface area contributed by atoms with Gasteiger partial charge in [-0.2, -0.15) is 0 Å². The number of carbonyl (C=O) groups excluding carboxylic acids is 1. The van der Waals surface area contributed by atoms with Gasteiger partial charge in [-0.05, 0) is 47.4 Å². The van der Waals surface area contributed by atoms with Crippen molar-refractivity contribution in [1.82, 2.24) is 9.55 Å². The lowest BCUT2D eigenvalue weighted by Crippen LogP contribution is -2.14. The van der Waals surface area contributed by atoms with Gasteiger partial charge < -0.3 is 14.8 Å². The number of methoxy groups -OCH3 is 1. The Morgan fingerprint density at radius 3 is 2.80 bits per heavy atom. The number of carbonyl (C=O) groups is 1. The van der Waals surface area contributed by atoms with Crippen LogP contribution < -0.4 is 10.4 Å². The molecule has 0 aliphatic heterocycles. The van der Waals surface area contributed by atoms with Crippen molar-refractivity contribution in [3.8, 4) is 27.8 Å². The van der Waals surface area contributed by atoms with Crippen molar-refractivity contribution >= 4 is 23.2 Å². The van der Waals surface area contributed by atoms with Gasteiger partial charge in [-0.3, -0.25) is 9.36 Å². The van der Waals surface area contributed by atoms with Crippen LogP contribution in [0.4, 0.5) is 0 Å². The fraction of sp³-hybridized carbons (Fsp3) is 0.0435. The van der Waals surface area contributed by atoms with Gasteiger partial charge in [-0.15, -0.1) is 11.3 Å². The maximum atomic E-state index is 12.6. The van der Waals surface area contributed by atoms with Crippen LogP contribution in [-0.2, 0) is 0 Å². The zero-order chi connectivity index (χ0) is 21.1. The standard InChI is InChI=1S/C23H18N2O4S/c1-29-21-12-15(8-10-20(21)27)7-9-19(26)16-4-2-5-17(13-16)25-14-18(24-23(25)28)22-6-3-11-30-22/h2-14,27H,1H3,(H,24,28). The van der Waals surface area contributed by atoms with Crippen molar-refractivity contribution in [3.63, 3.8) is 0 Å². The van der Waals surface area contributed by atoms with Gasteiger partial charge in [0.15, 0.2) is 17.3 Å². The Bertz CT molecular complexity index is 1280. The number of H-pyrrole nitrogens is 1. The number of aromatic amines is 1. The molecule has 6 nitrogen and oxygen atoms in total. The molecule has 2 aromatic carbocycles. The van der Waals surface area contributed by atoms with E-state index in [0.717, 1.165) is 16.1 Å². The molecule has 0 saturated carbocycles. The number of phenols is 1. The lowest BCUT2D eigenvalue weighted by molar-refractivity contribution is 0.104. The second-order valence-corrected chi connectivity index (χ2v) is 7.45. The Morgan fingerprint density at radius 2 is 2.03 bits per heavy atom. The van der Waals surface area contributed by atoms with Crippen LogP contribution in [0.2, 0.25) is 0 Å². The highest BCUT2D eigenvalue weighted by molar-refractivity contribution is 7.13. The Balaban J connectivity index is 1.59. The summed E-state index contributed by atoms with van der Waals surface area (Å²) in [5.41, 5.74) is 2.24. The molecule has 30 heavy (non-hydrogen) atoms. The largest absolute Gasteiger partial charge is 0.504 e. The molecule has 150 valence electrons. The van der Waals surface area contributed by atoms with Crippen LogP contribution >= 0.6 is 11.3 Å². The Labute approximate surface area is 176 Å². The van der Waals surface area contributed by atoms with Crippen LogP contribution in [0.1, 0.15) is 15.9 Å². The number of imidazole rings is 1. The summed E-state index contributed by atoms with van der Waals surface area (Å²) in [6.45, 7) is 0. The summed E-state index contributed by atoms with van der Waals surface area (Å²) in [6.07, 6.45) is 4.83. The zero-order valence-electron chi connectivity index (χ0n) is 16.0. The van der Waals surface area contributed by atoms with Gasteiger partial charge in [0, 0.05) is 11.8 Å². The van der Waals surface area contributed by atoms with E-state index >= 15 is 0 Å². The first-order valence-electron chi connectivity index (χ1n) is 9.10. The van der Waals surface area contributed by atoms with E-state index in [1.54, 1.807) is 48.7 Å². The van der Waals surface area contributed by atoms with Gasteiger partial charge in [-0.25, -0.2) is 4.79 Å². The summed E-state index contributed by atoms with van der Waals surface area (Å²) in [7, 11) is 1.46. The van der Waals surface area contributed by atoms with Crippen LogP contribution in [0.5, 0.6) is 11.5 Å². The molecule has 0 aliphatic rings. The zero-order valence-corrected chi connectivity index (χ0v) is 16.8. The lowest BCUT2D eigenvalue weighted by Gasteiger charge is -2.04. The van der Waals surface area contributed by atoms with E-state index in [1.807, 2.05) is 17.5 Å². The maximum Gasteiger partial charge on any atom is 0.330 e. The third-order valence-electron chi connectivity index (χ3n) is 4.55. The minimum atomic E-state index is -0.269. The normalized spacial score (nSPS) is 11.1. The van der Waals surface area contributed by atoms with E-state index in [9.17, 15) is 14.7 Å². The first-order valence-corrected chi connectivity index (χ1v) is 9.98. The molecule has 0 bridgehead atoms. The van der Waals surface area contributed by atoms with Crippen LogP contribution in [0.3, 0.4) is 0 Å². The van der Waals surface area contributed by atoms with E-state index < -0.39 is 0 Å². The molecule has 7 heteroatoms. The quantitative estimate of drug-likeness (QED) is 0.357. The highest BCUT2D eigenvalue weighted by atomic mass is 32.1. The van der Waals surface area contributed by atoms with Gasteiger partial charge in [0.25, 0.3) is 0 Å². The number of aromatic hydroxyl groups is 1. The molecular weight excluding hydrogens is 400 g/mol. The second kappa shape index (κ2) is 8.26. The predicted octanol–water partition coefficient (Wildman–Crippen LogP) is 4.50. The molecule has 0 atom stereocenters. The van der Waals surface area contributed by atoms with Crippen molar-refractivity contribution < 1.29 is 14.6 Å². The minimum Gasteiger partial charge on any atom is -0.504 e. The van der Waals surface area contributed by atoms with Crippen molar-refractivity contribution in [2.75, 3.05) is 7.11 Å². The molecule has 0 unspecified atom stereocenters. The predicted molar refractivity (Wildman–Crippen MR) is 118 cm³/mol. The van der Waals surface area contributed by atoms with E-state index in [2.05, 4.69) is 4.98 Å². The van der Waals surface area contributed by atoms with Gasteiger partial charge in [-0.1, -0.05) is 30.3 Å². The summed E-state index contributed by atoms with van der Waals surface area (Å²) in [5, 5.41) is 11.6. The Hall–Kier alpha value is -3.84. The molecule has 2 N–H and O–H groups in total. The average Bonchev–Trinajstić information content (AvgIpc) is 3.43. The van der Waals surface area contributed by atoms with Gasteiger partial charge in [0.05, 0.1) is 23.4 Å². The van der Waals surface area contributed by atoms with Gasteiger partial charge >= 0.3 is 5.69 Å². The molecule has 0 spiro atoms. The number of rotatable bonds is 6. The number of aromatic nitrogens is 2. The van der Waals surface area contributed by atoms with Crippen molar-refractivity contribution in [2.24, 2.45) is 0 Å². The molecule has 0 fully saturated rings. The number of ketones is 1. The molecule has 0 saturated heterocycles. The minimum absolute atomic E-state index is 0.0348. The first-order chi connectivity index (χ1) is 14.5. The second-order valence-electron chi connectivity index (χ2n) is 6.50. The van der Waals surface area contributed by atoms with E-state index in [4.69, 9.17) is 4.74 Å². The molecule has 4 rings (SSSR count). The number of nitrogens with zero attached hydrogens (tertiary/aromatic N) is 1. The van der Waals surface area contributed by atoms with Crippen molar-refractivity contribution in [1.29, 1.82) is 0 Å². The lowest BCUT2D eigenvalue weighted by atomic mass is 10.1. The maximum absolute atomic E-state index is 12.6. The highest BCUT2D eigenvalue weighted by Gasteiger charge is 2.10. The third-order valence-corrected chi connectivity index (χ3v) is 5.45. The third kappa shape index (κ3) is 3.97. The van der Waals surface area contributed by atoms with Crippen molar-refractivity contribution in [2.45, 2.75) is 0 Å². The molecule has 0 aliphatic carbocycles. The van der Waals surface area contributed by atoms with Gasteiger partial charge in [0.2, 0.25) is 0 Å². The number of hydrogen-bond acceptors (Lipinski definition) is 5. The number of nitrogens with one attached hydrogen (secondary N) is 1. The fourth-order valence-corrected chi connectivity index (χ4v) is 3.71. The number of allylic oxidation sites excluding steroid dienone is 1. The first kappa shape index (κ1) is 19.5. The number of thiophene rings is 1. The topological polar surface area (TPSA) is 84.3 Å². The number of ether oxygens (including phenoxy) is 1. The van der Waals surface area contributed by atoms with Crippen LogP contribution in [0, 0.1) is 0 Å². The number of phenolic OH excluding ortho intramolecular Hbond substituents is 1. The summed E-state index contributed by atoms with van der Waals surface area (Å²) in [5.74, 6) is 0.165. The van der Waals surface area contributed by atoms with Gasteiger partial charge in [0.1, 0.15) is 0 Å². The van der Waals surface area contributed by atoms with Crippen LogP contribution in [-0.4, -0.2) is 27.6 Å².